The van der Waals surface area contributed by atoms with Gasteiger partial charge in [0.05, 0.1) is 348 Å². The summed E-state index contributed by atoms with van der Waals surface area (Å²) in [5.74, 6) is 0. The van der Waals surface area contributed by atoms with E-state index in [2.05, 4.69) is 348 Å². The highest BCUT2D eigenvalue weighted by Crippen LogP contribution is 2.29. The van der Waals surface area contributed by atoms with E-state index in [0.29, 0.717) is 275 Å². The van der Waals surface area contributed by atoms with Crippen molar-refractivity contribution in [1.82, 2.24) is 0 Å². The van der Waals surface area contributed by atoms with E-state index < -0.39 is 0 Å². The van der Waals surface area contributed by atoms with Crippen LogP contribution < -0.4 is 0 Å². The molecule has 0 rings (SSSR count). The van der Waals surface area contributed by atoms with Crippen LogP contribution in [0.25, 0.3) is 0 Å². The first-order valence-corrected chi connectivity index (χ1v) is 40.5. The Labute approximate surface area is 623 Å². The zero-order chi connectivity index (χ0) is 70.5. The van der Waals surface area contributed by atoms with E-state index in [1.54, 1.807) is 0 Å². The zero-order valence-corrected chi connectivity index (χ0v) is 70.5. The molecular weight excluding hydrogens is 962 g/mol. The maximum absolute atomic E-state index is 2.82. The molecule has 0 aliphatic heterocycles. The van der Waals surface area contributed by atoms with Gasteiger partial charge in [-0.3, -0.25) is 0 Å². The lowest BCUT2D eigenvalue weighted by Crippen LogP contribution is -3.00. The monoisotopic (exact) mass is 1070 g/mol. The van der Waals surface area contributed by atoms with Gasteiger partial charge in [0.25, 0.3) is 0 Å². The molecule has 0 unspecified atom stereocenters. The van der Waals surface area contributed by atoms with Crippen molar-refractivity contribution in [3.8, 4) is 0 Å². The second kappa shape index (κ2) is 43.8. The fourth-order valence-corrected chi connectivity index (χ4v) is 25.9. The minimum absolute atomic E-state index is 0.477. The molecule has 0 aliphatic rings. The third kappa shape index (κ3) is 25.6. The van der Waals surface area contributed by atoms with Crippen LogP contribution in [0.5, 0.6) is 0 Å². The van der Waals surface area contributed by atoms with Gasteiger partial charge in [-0.1, -0.05) is 0 Å². The minimum Gasteiger partial charge on any atom is 0.00000128 e. The first kappa shape index (κ1) is 94.8. The summed E-state index contributed by atoms with van der Waals surface area (Å²) in [6.07, 6.45) is 24.0. The predicted octanol–water partition coefficient (Wildman–Crippen LogP) is -58.3. The molecule has 0 bridgehead atoms. The van der Waals surface area contributed by atoms with Crippen molar-refractivity contribution in [3.63, 3.8) is 0 Å². The smallest absolute Gasteiger partial charge is 0.00000128 e. The molecule has 0 saturated carbocycles. The first-order chi connectivity index (χ1) is 40.5. The Morgan fingerprint density at radius 3 is 0.247 bits per heavy atom. The Morgan fingerprint density at radius 2 is 0.180 bits per heavy atom. The topological polar surface area (TPSA) is 0 Å². The molecule has 0 amide bonds. The van der Waals surface area contributed by atoms with Gasteiger partial charge in [0.2, 0.25) is 0 Å². The van der Waals surface area contributed by atoms with E-state index in [0.717, 1.165) is 0 Å². The summed E-state index contributed by atoms with van der Waals surface area (Å²) >= 11 is 0. The van der Waals surface area contributed by atoms with Gasteiger partial charge in [-0.05, 0) is 0 Å². The second-order valence-corrected chi connectivity index (χ2v) is 40.0. The van der Waals surface area contributed by atoms with Gasteiger partial charge in [0, 0.05) is 282 Å². The highest BCUT2D eigenvalue weighted by Gasteiger charge is 2.68. The lowest BCUT2D eigenvalue weighted by atomic mass is 8.19. The molecule has 0 aromatic rings. The van der Waals surface area contributed by atoms with Gasteiger partial charge in [-0.25, -0.2) is 0 Å². The van der Waals surface area contributed by atoms with Crippen LogP contribution in [0.15, 0.2) is 0 Å². The number of hydrogen-bond donors (Lipinski definition) is 0. The van der Waals surface area contributed by atoms with Crippen LogP contribution >= 0.6 is 0 Å². The zero-order valence-electron chi connectivity index (χ0n) is 70.5. The molecule has 0 aromatic carbocycles. The maximum Gasteiger partial charge on any atom is 0.0593 e. The molecule has 89 heavy (non-hydrogen) atoms. The van der Waals surface area contributed by atoms with Gasteiger partial charge in [-0.15, -0.1) is 0 Å². The molecule has 358 valence electrons. The van der Waals surface area contributed by atoms with E-state index in [1.807, 2.05) is 0 Å². The molecule has 0 aromatic heterocycles. The fraction of sp³-hybridized carbons (Fsp3) is 0. The highest BCUT2D eigenvalue weighted by molar-refractivity contribution is 8.42. The Bertz CT molecular complexity index is 1420. The third-order valence-corrected chi connectivity index (χ3v) is 26.4. The summed E-state index contributed by atoms with van der Waals surface area (Å²) in [5, 5.41) is 0. The van der Waals surface area contributed by atoms with Crippen molar-refractivity contribution in [3.05, 3.63) is 0 Å². The third-order valence-electron chi connectivity index (χ3n) is 26.4. The molecular formula is H91B89. The van der Waals surface area contributed by atoms with Crippen LogP contribution in [0.4, 0.5) is 0 Å². The summed E-state index contributed by atoms with van der Waals surface area (Å²) in [5.41, 5.74) is 0. The van der Waals surface area contributed by atoms with Crippen molar-refractivity contribution in [2.24, 2.45) is 0 Å². The van der Waals surface area contributed by atoms with Crippen LogP contribution in [0.1, 0.15) is 0 Å². The SMILES string of the molecule is BBB(B(B)B)B(B(B)B)B(B(B(B(B)B)B(B)B)B(B(B)B)B(B)B)B(B(B(B(B(B)B)B(B)B)B(B(B)B)B(B)B)B(B(B(B)B)B(B)B)B(B(B)B)B(B)B)B(B(B(B(B)B)B(B)B)B(B(B)B)B(B)B)B(B(B(B)B)B(B)B)B(B(B)B)B(B)B. The van der Waals surface area contributed by atoms with E-state index >= 15 is 0 Å². The number of rotatable bonds is 43. The van der Waals surface area contributed by atoms with Gasteiger partial charge in [-0.2, -0.15) is 0 Å². The molecule has 0 aliphatic carbocycles. The van der Waals surface area contributed by atoms with Crippen LogP contribution in [-0.2, 0) is 0 Å². The molecule has 0 N–H and O–H groups in total. The Kier molecular flexibility index (Phi) is 46.6. The van der Waals surface area contributed by atoms with Gasteiger partial charge in [0.1, 0.15) is 0 Å². The number of hydrogen-bond acceptors (Lipinski definition) is 0. The van der Waals surface area contributed by atoms with Crippen molar-refractivity contribution in [2.45, 2.75) is 0 Å². The van der Waals surface area contributed by atoms with Crippen LogP contribution in [0.3, 0.4) is 0 Å². The second-order valence-electron chi connectivity index (χ2n) is 40.0. The van der Waals surface area contributed by atoms with Crippen LogP contribution in [0.2, 0.25) is 0 Å². The van der Waals surface area contributed by atoms with E-state index in [1.165, 1.54) is 7.06 Å². The van der Waals surface area contributed by atoms with E-state index in [-0.39, 0.29) is 0 Å². The summed E-state index contributed by atoms with van der Waals surface area (Å²) < 4.78 is 0. The molecule has 0 radical (unpaired) electrons. The maximum atomic E-state index is 2.82. The lowest BCUT2D eigenvalue weighted by Gasteiger charge is -2.62. The molecule has 0 heterocycles. The molecule has 0 atom stereocenters. The van der Waals surface area contributed by atoms with Crippen molar-refractivity contribution >= 4 is 630 Å². The van der Waals surface area contributed by atoms with Crippen molar-refractivity contribution in [2.75, 3.05) is 0 Å². The largest absolute Gasteiger partial charge is 0.0593 e. The molecule has 0 spiro atoms. The van der Waals surface area contributed by atoms with Gasteiger partial charge in [0.15, 0.2) is 0 Å². The Balaban J connectivity index is 13.6. The molecule has 0 saturated heterocycles. The molecule has 89 heteroatoms. The average molecular weight is 1050 g/mol. The van der Waals surface area contributed by atoms with Gasteiger partial charge < -0.3 is 0 Å². The molecule has 0 fully saturated rings. The predicted molar refractivity (Wildman–Crippen MR) is 639 cm³/mol. The standard InChI is InChI=1S/B89H91/c1-46-69(47(2)3)80(68(44)45)86(81(70(48(4)5)49(6)7)71(50(8)9)51(10)11)89(87(82(72(52(12)13)53(14)15)73(54(16)17)55(18)19)83(74(56(20)21)57(22)23)75(58(24)25)59(26)27)88(84(76(60(28)29)61(30)31)77(62(32)33)63(34)35)85(78(64(36)37)65(38)39)79(66(40)41)67(42)43/h46H,1-45H2. The Morgan fingerprint density at radius 1 is 0.101 bits per heavy atom. The van der Waals surface area contributed by atoms with E-state index in [9.17, 15) is 0 Å². The molecule has 0 nitrogen and oxygen atoms in total. The highest BCUT2D eigenvalue weighted by atomic mass is 13.5. The summed E-state index contributed by atoms with van der Waals surface area (Å²) in [6.45, 7) is 0. The quantitative estimate of drug-likeness (QED) is 0.0534. The minimum atomic E-state index is 0.477. The van der Waals surface area contributed by atoms with Crippen molar-refractivity contribution in [1.29, 1.82) is 0 Å². The van der Waals surface area contributed by atoms with Gasteiger partial charge >= 0.3 is 0 Å². The summed E-state index contributed by atoms with van der Waals surface area (Å²) in [6, 6.07) is 0. The lowest BCUT2D eigenvalue weighted by molar-refractivity contribution is 3.13. The normalized spacial score (nSPS) is 9.80. The average Bonchev–Trinajstić information content (AvgIpc) is 3.31. The van der Waals surface area contributed by atoms with Crippen LogP contribution in [0, 0.1) is 0 Å². The Hall–Kier alpha value is 5.78. The summed E-state index contributed by atoms with van der Waals surface area (Å²) in [4.78, 5) is 0. The fourth-order valence-electron chi connectivity index (χ4n) is 25.9. The first-order valence-electron chi connectivity index (χ1n) is 40.5. The van der Waals surface area contributed by atoms with Crippen LogP contribution in [-0.4, -0.2) is 630 Å². The van der Waals surface area contributed by atoms with E-state index in [4.69, 9.17) is 0 Å². The summed E-state index contributed by atoms with van der Waals surface area (Å²) in [7, 11) is 125. The van der Waals surface area contributed by atoms with Crippen molar-refractivity contribution < 1.29 is 0 Å².